The lowest BCUT2D eigenvalue weighted by Crippen LogP contribution is -2.39. The van der Waals surface area contributed by atoms with Gasteiger partial charge in [0.05, 0.1) is 10.7 Å². The van der Waals surface area contributed by atoms with Gasteiger partial charge in [0.15, 0.2) is 5.75 Å². The number of anilines is 1. The van der Waals surface area contributed by atoms with E-state index in [-0.39, 0.29) is 22.5 Å². The predicted molar refractivity (Wildman–Crippen MR) is 90.7 cm³/mol. The maximum atomic E-state index is 14.5. The molecule has 2 saturated heterocycles. The smallest absolute Gasteiger partial charge is 0.332 e. The highest BCUT2D eigenvalue weighted by Crippen LogP contribution is 2.38. The van der Waals surface area contributed by atoms with Crippen molar-refractivity contribution >= 4 is 29.2 Å². The molecule has 9 heteroatoms. The molecule has 2 aliphatic rings. The second-order valence-corrected chi connectivity index (χ2v) is 6.44. The number of hydrogen-bond acceptors (Lipinski definition) is 5. The van der Waals surface area contributed by atoms with Crippen LogP contribution in [0.3, 0.4) is 0 Å². The van der Waals surface area contributed by atoms with E-state index in [2.05, 4.69) is 9.97 Å². The number of urea groups is 1. The van der Waals surface area contributed by atoms with Gasteiger partial charge in [-0.15, -0.1) is 0 Å². The molecule has 2 aromatic rings. The minimum atomic E-state index is -0.780. The Morgan fingerprint density at radius 1 is 1.19 bits per heavy atom. The highest BCUT2D eigenvalue weighted by atomic mass is 35.5. The number of amides is 3. The lowest BCUT2D eigenvalue weighted by Gasteiger charge is -2.25. The van der Waals surface area contributed by atoms with Crippen molar-refractivity contribution < 1.29 is 18.7 Å². The number of aromatic nitrogens is 2. The molecule has 0 spiro atoms. The first-order valence-electron chi connectivity index (χ1n) is 8.15. The number of piperidine rings is 1. The van der Waals surface area contributed by atoms with Crippen molar-refractivity contribution in [3.05, 3.63) is 41.4 Å². The zero-order valence-corrected chi connectivity index (χ0v) is 14.3. The molecule has 1 aromatic heterocycles. The standard InChI is InChI=1S/C17H14ClFN4O3/c18-10-8-11(19)13(9-14(10)26-16-20-5-3-6-21-16)23-15(24)12-4-1-2-7-22(12)17(23)25/h3,5-6,8-9,12H,1-2,4,7H2. The number of carbonyl (C=O) groups is 2. The van der Waals surface area contributed by atoms with Crippen LogP contribution in [0.5, 0.6) is 11.8 Å². The van der Waals surface area contributed by atoms with Crippen molar-refractivity contribution in [1.29, 1.82) is 0 Å². The molecule has 0 aliphatic carbocycles. The summed E-state index contributed by atoms with van der Waals surface area (Å²) in [6.07, 6.45) is 5.22. The van der Waals surface area contributed by atoms with Crippen LogP contribution < -0.4 is 9.64 Å². The van der Waals surface area contributed by atoms with Gasteiger partial charge in [-0.1, -0.05) is 11.6 Å². The molecular formula is C17H14ClFN4O3. The largest absolute Gasteiger partial charge is 0.423 e. The lowest BCUT2D eigenvalue weighted by atomic mass is 10.0. The summed E-state index contributed by atoms with van der Waals surface area (Å²) in [4.78, 5) is 35.5. The van der Waals surface area contributed by atoms with Crippen LogP contribution in [0.15, 0.2) is 30.6 Å². The van der Waals surface area contributed by atoms with Crippen LogP contribution in [0.25, 0.3) is 0 Å². The van der Waals surface area contributed by atoms with Gasteiger partial charge in [-0.3, -0.25) is 4.79 Å². The van der Waals surface area contributed by atoms with Gasteiger partial charge in [-0.05, 0) is 31.4 Å². The van der Waals surface area contributed by atoms with Gasteiger partial charge in [0.2, 0.25) is 0 Å². The summed E-state index contributed by atoms with van der Waals surface area (Å²) in [5, 5.41) is -0.0180. The van der Waals surface area contributed by atoms with E-state index in [1.807, 2.05) is 0 Å². The van der Waals surface area contributed by atoms with E-state index in [1.54, 1.807) is 6.07 Å². The van der Waals surface area contributed by atoms with E-state index in [1.165, 1.54) is 23.4 Å². The van der Waals surface area contributed by atoms with Crippen molar-refractivity contribution in [3.63, 3.8) is 0 Å². The molecule has 4 rings (SSSR count). The number of hydrogen-bond donors (Lipinski definition) is 0. The molecule has 1 aromatic carbocycles. The highest BCUT2D eigenvalue weighted by molar-refractivity contribution is 6.32. The van der Waals surface area contributed by atoms with Gasteiger partial charge in [-0.2, -0.15) is 0 Å². The monoisotopic (exact) mass is 376 g/mol. The van der Waals surface area contributed by atoms with E-state index in [4.69, 9.17) is 16.3 Å². The van der Waals surface area contributed by atoms with Crippen LogP contribution in [0.1, 0.15) is 19.3 Å². The van der Waals surface area contributed by atoms with Crippen LogP contribution >= 0.6 is 11.6 Å². The summed E-state index contributed by atoms with van der Waals surface area (Å²) < 4.78 is 20.0. The number of benzene rings is 1. The van der Waals surface area contributed by atoms with Gasteiger partial charge in [0.25, 0.3) is 5.91 Å². The molecule has 3 heterocycles. The molecule has 0 bridgehead atoms. The average molecular weight is 377 g/mol. The van der Waals surface area contributed by atoms with Gasteiger partial charge in [-0.25, -0.2) is 24.1 Å². The summed E-state index contributed by atoms with van der Waals surface area (Å²) in [5.74, 6) is -1.16. The minimum absolute atomic E-state index is 0.0171. The topological polar surface area (TPSA) is 75.6 Å². The third-order valence-corrected chi connectivity index (χ3v) is 4.73. The fourth-order valence-corrected chi connectivity index (χ4v) is 3.40. The summed E-state index contributed by atoms with van der Waals surface area (Å²) in [7, 11) is 0. The fourth-order valence-electron chi connectivity index (χ4n) is 3.22. The van der Waals surface area contributed by atoms with Gasteiger partial charge >= 0.3 is 12.0 Å². The van der Waals surface area contributed by atoms with Crippen molar-refractivity contribution in [2.75, 3.05) is 11.4 Å². The Bertz CT molecular complexity index is 856. The first kappa shape index (κ1) is 16.7. The van der Waals surface area contributed by atoms with Gasteiger partial charge in [0, 0.05) is 25.0 Å². The van der Waals surface area contributed by atoms with Crippen molar-refractivity contribution in [2.45, 2.75) is 25.3 Å². The molecule has 134 valence electrons. The number of nitrogens with zero attached hydrogens (tertiary/aromatic N) is 4. The number of ether oxygens (including phenoxy) is 1. The Kier molecular flexibility index (Phi) is 4.20. The summed E-state index contributed by atoms with van der Waals surface area (Å²) >= 11 is 6.03. The molecule has 0 radical (unpaired) electrons. The summed E-state index contributed by atoms with van der Waals surface area (Å²) in [6, 6.07) is 2.80. The molecular weight excluding hydrogens is 363 g/mol. The number of rotatable bonds is 3. The quantitative estimate of drug-likeness (QED) is 0.767. The SMILES string of the molecule is O=C1C2CCCCN2C(=O)N1c1cc(Oc2ncccn2)c(Cl)cc1F. The Balaban J connectivity index is 1.71. The molecule has 2 aliphatic heterocycles. The van der Waals surface area contributed by atoms with Crippen molar-refractivity contribution in [2.24, 2.45) is 0 Å². The Morgan fingerprint density at radius 2 is 1.96 bits per heavy atom. The first-order chi connectivity index (χ1) is 12.6. The number of carbonyl (C=O) groups excluding carboxylic acids is 2. The third kappa shape index (κ3) is 2.76. The van der Waals surface area contributed by atoms with E-state index in [0.717, 1.165) is 23.8 Å². The molecule has 3 amide bonds. The maximum Gasteiger partial charge on any atom is 0.332 e. The van der Waals surface area contributed by atoms with Crippen LogP contribution in [-0.2, 0) is 4.79 Å². The predicted octanol–water partition coefficient (Wildman–Crippen LogP) is 3.38. The molecule has 7 nitrogen and oxygen atoms in total. The molecule has 1 unspecified atom stereocenters. The zero-order chi connectivity index (χ0) is 18.3. The van der Waals surface area contributed by atoms with E-state index < -0.39 is 23.8 Å². The summed E-state index contributed by atoms with van der Waals surface area (Å²) in [6.45, 7) is 0.488. The normalized spacial score (nSPS) is 19.7. The summed E-state index contributed by atoms with van der Waals surface area (Å²) in [5.41, 5.74) is -0.190. The average Bonchev–Trinajstić information content (AvgIpc) is 2.90. The molecule has 26 heavy (non-hydrogen) atoms. The van der Waals surface area contributed by atoms with Gasteiger partial charge < -0.3 is 9.64 Å². The fraction of sp³-hybridized carbons (Fsp3) is 0.294. The Morgan fingerprint density at radius 3 is 2.69 bits per heavy atom. The van der Waals surface area contributed by atoms with Crippen LogP contribution in [0.4, 0.5) is 14.9 Å². The second-order valence-electron chi connectivity index (χ2n) is 6.03. The Hall–Kier alpha value is -2.74. The zero-order valence-electron chi connectivity index (χ0n) is 13.6. The Labute approximate surface area is 153 Å². The van der Waals surface area contributed by atoms with E-state index in [0.29, 0.717) is 13.0 Å². The maximum absolute atomic E-state index is 14.5. The van der Waals surface area contributed by atoms with Gasteiger partial charge in [0.1, 0.15) is 11.9 Å². The molecule has 0 saturated carbocycles. The highest BCUT2D eigenvalue weighted by Gasteiger charge is 2.47. The van der Waals surface area contributed by atoms with Crippen LogP contribution in [0.2, 0.25) is 5.02 Å². The van der Waals surface area contributed by atoms with Crippen molar-refractivity contribution in [1.82, 2.24) is 14.9 Å². The minimum Gasteiger partial charge on any atom is -0.423 e. The number of fused-ring (bicyclic) bond motifs is 1. The van der Waals surface area contributed by atoms with Crippen LogP contribution in [-0.4, -0.2) is 39.4 Å². The first-order valence-corrected chi connectivity index (χ1v) is 8.52. The lowest BCUT2D eigenvalue weighted by molar-refractivity contribution is -0.120. The number of halogens is 2. The molecule has 0 N–H and O–H groups in total. The van der Waals surface area contributed by atoms with Crippen LogP contribution in [0, 0.1) is 5.82 Å². The molecule has 2 fully saturated rings. The van der Waals surface area contributed by atoms with E-state index in [9.17, 15) is 14.0 Å². The van der Waals surface area contributed by atoms with Crippen molar-refractivity contribution in [3.8, 4) is 11.8 Å². The second kappa shape index (κ2) is 6.53. The third-order valence-electron chi connectivity index (χ3n) is 4.43. The molecule has 1 atom stereocenters. The number of imide groups is 1. The van der Waals surface area contributed by atoms with E-state index >= 15 is 0 Å².